The standard InChI is InChI=1S/C17H28N2O2.2C16H26N2O2.C15H24N2O2.C14H24N2OS/c1-3-4-5-6-12-21-16-9-7-8-15(13-16)10-11-19-14-17(20)18-2;1-4-5-11-20-15-8-6-7-14(12-15)9-10-17-13-16(19)18(2)3;1-3-4-5-11-20-15-8-6-7-14(12-15)9-10-18-13-16(19)17-2;1-3-4-10-19-14-7-5-6-13(11-14)8-9-17-12-15(18)16-2;1-4-5-6-12-8-10-18-13(12)7-9-15-11-14(17)16(2)3/h7-9,13,19H,3-6,10-12,14H2,1-2H3,(H,18,20);6-8,12,17H,4-5,9-11,13H2,1-3H3;6-8,12,18H,3-5,9-11,13H2,1-2H3,(H,17,19);5-7,11,17H,3-4,8-10,12H2,1-2H3,(H,16,18);8,10,15H,4-7,9,11H2,1-3H3. The van der Waals surface area contributed by atoms with Crippen LogP contribution in [-0.4, -0.2) is 181 Å². The van der Waals surface area contributed by atoms with E-state index >= 15 is 0 Å². The highest BCUT2D eigenvalue weighted by Gasteiger charge is 2.08. The fraction of sp³-hybridized carbons (Fsp3) is 0.577. The van der Waals surface area contributed by atoms with Crippen molar-refractivity contribution in [2.75, 3.05) is 141 Å². The number of carbonyl (C=O) groups is 5. The van der Waals surface area contributed by atoms with Gasteiger partial charge in [0.05, 0.1) is 59.2 Å². The number of unbranched alkanes of at least 4 members (excludes halogenated alkanes) is 8. The minimum atomic E-state index is 0.0108. The topological polar surface area (TPSA) is 225 Å². The SMILES string of the molecule is CCCCCCOc1cccc(CCNCC(=O)NC)c1.CCCCCOc1cccc(CCNCC(=O)NC)c1.CCCCOc1cccc(CCNCC(=O)N(C)C)c1.CCCCOc1cccc(CCNCC(=O)NC)c1.CCCCc1ccsc1CCNCC(=O)N(C)C. The van der Waals surface area contributed by atoms with E-state index in [1.54, 1.807) is 59.1 Å². The second-order valence-corrected chi connectivity index (χ2v) is 25.2. The van der Waals surface area contributed by atoms with Crippen LogP contribution in [0.25, 0.3) is 0 Å². The Morgan fingerprint density at radius 2 is 0.663 bits per heavy atom. The third-order valence-electron chi connectivity index (χ3n) is 15.2. The number of hydrogen-bond acceptors (Lipinski definition) is 15. The first-order valence-corrected chi connectivity index (χ1v) is 36.9. The first-order valence-electron chi connectivity index (χ1n) is 36.0. The number of rotatable bonds is 47. The van der Waals surface area contributed by atoms with Gasteiger partial charge in [-0.15, -0.1) is 11.3 Å². The Bertz CT molecular complexity index is 2820. The Morgan fingerprint density at radius 1 is 0.357 bits per heavy atom. The summed E-state index contributed by atoms with van der Waals surface area (Å²) in [6, 6.07) is 34.9. The van der Waals surface area contributed by atoms with E-state index in [-0.39, 0.29) is 29.5 Å². The second kappa shape index (κ2) is 61.1. The molecule has 0 aliphatic heterocycles. The van der Waals surface area contributed by atoms with E-state index in [1.165, 1.54) is 84.1 Å². The van der Waals surface area contributed by atoms with Crippen molar-refractivity contribution in [2.24, 2.45) is 0 Å². The Labute approximate surface area is 595 Å². The van der Waals surface area contributed by atoms with Crippen LogP contribution in [0.15, 0.2) is 109 Å². The van der Waals surface area contributed by atoms with Crippen LogP contribution in [0.1, 0.15) is 151 Å². The first kappa shape index (κ1) is 88.9. The number of thiophene rings is 1. The molecule has 19 nitrogen and oxygen atoms in total. The highest BCUT2D eigenvalue weighted by Crippen LogP contribution is 2.21. The van der Waals surface area contributed by atoms with Gasteiger partial charge in [0.1, 0.15) is 23.0 Å². The average molecular weight is 1380 g/mol. The lowest BCUT2D eigenvalue weighted by atomic mass is 10.1. The van der Waals surface area contributed by atoms with Gasteiger partial charge >= 0.3 is 0 Å². The second-order valence-electron chi connectivity index (χ2n) is 24.2. The Hall–Kier alpha value is -7.07. The zero-order chi connectivity index (χ0) is 72.1. The molecule has 0 spiro atoms. The van der Waals surface area contributed by atoms with Crippen molar-refractivity contribution in [3.63, 3.8) is 0 Å². The maximum Gasteiger partial charge on any atom is 0.236 e. The monoisotopic (exact) mass is 1380 g/mol. The highest BCUT2D eigenvalue weighted by molar-refractivity contribution is 7.10. The summed E-state index contributed by atoms with van der Waals surface area (Å²) in [5, 5.41) is 25.6. The van der Waals surface area contributed by atoms with Crippen LogP contribution in [0.3, 0.4) is 0 Å². The van der Waals surface area contributed by atoms with E-state index in [9.17, 15) is 24.0 Å². The van der Waals surface area contributed by atoms with Crippen molar-refractivity contribution in [1.29, 1.82) is 0 Å². The minimum absolute atomic E-state index is 0.0108. The molecule has 8 N–H and O–H groups in total. The van der Waals surface area contributed by atoms with Crippen molar-refractivity contribution in [1.82, 2.24) is 52.3 Å². The molecular formula is C78H128N10O9S. The lowest BCUT2D eigenvalue weighted by Crippen LogP contribution is -2.33. The van der Waals surface area contributed by atoms with Gasteiger partial charge in [-0.3, -0.25) is 24.0 Å². The molecule has 550 valence electrons. The predicted molar refractivity (Wildman–Crippen MR) is 407 cm³/mol. The average Bonchev–Trinajstić information content (AvgIpc) is 1.42. The first-order chi connectivity index (χ1) is 47.5. The molecule has 0 saturated heterocycles. The molecule has 98 heavy (non-hydrogen) atoms. The van der Waals surface area contributed by atoms with Crippen LogP contribution in [-0.2, 0) is 62.5 Å². The molecule has 0 aliphatic rings. The maximum absolute atomic E-state index is 11.4. The summed E-state index contributed by atoms with van der Waals surface area (Å²) in [4.78, 5) is 60.6. The van der Waals surface area contributed by atoms with Crippen molar-refractivity contribution < 1.29 is 42.9 Å². The number of nitrogens with zero attached hydrogens (tertiary/aromatic N) is 2. The zero-order valence-corrected chi connectivity index (χ0v) is 63.0. The van der Waals surface area contributed by atoms with Gasteiger partial charge in [0.25, 0.3) is 0 Å². The lowest BCUT2D eigenvalue weighted by molar-refractivity contribution is -0.128. The number of nitrogens with one attached hydrogen (secondary N) is 8. The van der Waals surface area contributed by atoms with Crippen molar-refractivity contribution in [2.45, 2.75) is 157 Å². The van der Waals surface area contributed by atoms with E-state index in [0.29, 0.717) is 32.7 Å². The summed E-state index contributed by atoms with van der Waals surface area (Å²) >= 11 is 1.83. The fourth-order valence-electron chi connectivity index (χ4n) is 8.98. The van der Waals surface area contributed by atoms with Crippen LogP contribution in [0.2, 0.25) is 0 Å². The number of hydrogen-bond donors (Lipinski definition) is 8. The van der Waals surface area contributed by atoms with Gasteiger partial charge in [0, 0.05) is 60.8 Å². The summed E-state index contributed by atoms with van der Waals surface area (Å²) in [5.74, 6) is 4.00. The summed E-state index contributed by atoms with van der Waals surface area (Å²) in [7, 11) is 12.0. The van der Waals surface area contributed by atoms with Gasteiger partial charge in [0.15, 0.2) is 0 Å². The molecule has 0 aliphatic carbocycles. The van der Waals surface area contributed by atoms with E-state index in [4.69, 9.17) is 18.9 Å². The van der Waals surface area contributed by atoms with Crippen LogP contribution in [0, 0.1) is 0 Å². The van der Waals surface area contributed by atoms with E-state index in [1.807, 2.05) is 59.9 Å². The molecule has 0 fully saturated rings. The van der Waals surface area contributed by atoms with Crippen LogP contribution >= 0.6 is 11.3 Å². The number of likely N-dealkylation sites (N-methyl/N-ethyl adjacent to an activating group) is 5. The van der Waals surface area contributed by atoms with Crippen molar-refractivity contribution in [3.8, 4) is 23.0 Å². The van der Waals surface area contributed by atoms with Crippen molar-refractivity contribution in [3.05, 3.63) is 141 Å². The number of benzene rings is 4. The number of ether oxygens (including phenoxy) is 4. The molecule has 0 unspecified atom stereocenters. The maximum atomic E-state index is 11.4. The van der Waals surface area contributed by atoms with Gasteiger partial charge < -0.3 is 71.3 Å². The quantitative estimate of drug-likeness (QED) is 0.0170. The highest BCUT2D eigenvalue weighted by atomic mass is 32.1. The molecule has 0 bridgehead atoms. The number of carbonyl (C=O) groups excluding carboxylic acids is 5. The molecule has 0 saturated carbocycles. The molecule has 5 rings (SSSR count). The third kappa shape index (κ3) is 48.6. The van der Waals surface area contributed by atoms with E-state index in [0.717, 1.165) is 153 Å². The van der Waals surface area contributed by atoms with Crippen LogP contribution in [0.4, 0.5) is 0 Å². The Morgan fingerprint density at radius 3 is 0.990 bits per heavy atom. The molecule has 1 heterocycles. The van der Waals surface area contributed by atoms with Gasteiger partial charge in [-0.1, -0.05) is 135 Å². The van der Waals surface area contributed by atoms with E-state index < -0.39 is 0 Å². The predicted octanol–water partition coefficient (Wildman–Crippen LogP) is 10.8. The number of aryl methyl sites for hydroxylation is 1. The van der Waals surface area contributed by atoms with Crippen LogP contribution < -0.4 is 61.5 Å². The lowest BCUT2D eigenvalue weighted by Gasteiger charge is -2.11. The van der Waals surface area contributed by atoms with Gasteiger partial charge in [-0.25, -0.2) is 0 Å². The summed E-state index contributed by atoms with van der Waals surface area (Å²) in [6.07, 6.45) is 21.1. The normalized spacial score (nSPS) is 10.4. The minimum Gasteiger partial charge on any atom is -0.494 e. The van der Waals surface area contributed by atoms with Crippen LogP contribution in [0.5, 0.6) is 23.0 Å². The largest absolute Gasteiger partial charge is 0.494 e. The Kier molecular flexibility index (Phi) is 55.4. The summed E-state index contributed by atoms with van der Waals surface area (Å²) in [6.45, 7) is 20.0. The zero-order valence-electron chi connectivity index (χ0n) is 62.2. The fourth-order valence-corrected chi connectivity index (χ4v) is 9.92. The third-order valence-corrected chi connectivity index (χ3v) is 16.2. The Balaban J connectivity index is 0.000000613. The van der Waals surface area contributed by atoms with E-state index in [2.05, 4.69) is 137 Å². The number of amides is 5. The summed E-state index contributed by atoms with van der Waals surface area (Å²) in [5.41, 5.74) is 6.39. The summed E-state index contributed by atoms with van der Waals surface area (Å²) < 4.78 is 22.8. The van der Waals surface area contributed by atoms with Gasteiger partial charge in [0.2, 0.25) is 29.5 Å². The molecule has 1 aromatic heterocycles. The van der Waals surface area contributed by atoms with Gasteiger partial charge in [-0.2, -0.15) is 0 Å². The molecule has 0 atom stereocenters. The molecule has 5 amide bonds. The molecular weight excluding hydrogens is 1250 g/mol. The smallest absolute Gasteiger partial charge is 0.236 e. The molecule has 20 heteroatoms. The van der Waals surface area contributed by atoms with Gasteiger partial charge in [-0.05, 0) is 185 Å². The molecule has 0 radical (unpaired) electrons. The molecule has 4 aromatic carbocycles. The van der Waals surface area contributed by atoms with Crippen molar-refractivity contribution >= 4 is 40.9 Å². The molecule has 5 aromatic rings.